The van der Waals surface area contributed by atoms with Crippen molar-refractivity contribution < 1.29 is 0 Å². The molecule has 0 radical (unpaired) electrons. The second-order valence-electron chi connectivity index (χ2n) is 11.6. The average molecular weight is 482 g/mol. The molecule has 0 atom stereocenters. The second-order valence-corrected chi connectivity index (χ2v) is 12.5. The van der Waals surface area contributed by atoms with E-state index in [4.69, 9.17) is 23.2 Å². The maximum atomic E-state index is 6.67. The van der Waals surface area contributed by atoms with Gasteiger partial charge in [-0.05, 0) is 81.5 Å². The Morgan fingerprint density at radius 1 is 0.606 bits per heavy atom. The molecule has 176 valence electrons. The molecule has 0 fully saturated rings. The summed E-state index contributed by atoms with van der Waals surface area (Å²) in [5.41, 5.74) is 6.87. The molecule has 0 aliphatic rings. The molecule has 0 spiro atoms. The molecule has 0 aliphatic heterocycles. The lowest BCUT2D eigenvalue weighted by Gasteiger charge is -2.34. The molecular formula is C31H38Cl2. The van der Waals surface area contributed by atoms with Crippen molar-refractivity contribution in [2.24, 2.45) is 0 Å². The largest absolute Gasteiger partial charge is 0.0843 e. The second kappa shape index (κ2) is 9.85. The fraction of sp³-hybridized carbons (Fsp3) is 0.419. The molecule has 0 saturated carbocycles. The van der Waals surface area contributed by atoms with Crippen molar-refractivity contribution in [3.8, 4) is 0 Å². The fourth-order valence-corrected chi connectivity index (χ4v) is 5.50. The number of benzene rings is 3. The minimum absolute atomic E-state index is 0.000737. The number of hydrogen-bond donors (Lipinski definition) is 0. The average Bonchev–Trinajstić information content (AvgIpc) is 2.72. The molecule has 3 rings (SSSR count). The van der Waals surface area contributed by atoms with Gasteiger partial charge in [0.15, 0.2) is 0 Å². The van der Waals surface area contributed by atoms with Crippen molar-refractivity contribution in [1.29, 1.82) is 0 Å². The first-order valence-corrected chi connectivity index (χ1v) is 12.7. The van der Waals surface area contributed by atoms with E-state index < -0.39 is 0 Å². The quantitative estimate of drug-likeness (QED) is 0.315. The Balaban J connectivity index is 1.88. The van der Waals surface area contributed by atoms with Gasteiger partial charge in [-0.1, -0.05) is 120 Å². The summed E-state index contributed by atoms with van der Waals surface area (Å²) in [6.45, 7) is 16.2. The minimum atomic E-state index is 0.000737. The van der Waals surface area contributed by atoms with E-state index in [1.165, 1.54) is 27.8 Å². The first-order valence-electron chi connectivity index (χ1n) is 11.9. The van der Waals surface area contributed by atoms with Crippen LogP contribution in [-0.4, -0.2) is 0 Å². The van der Waals surface area contributed by atoms with Gasteiger partial charge in [-0.25, -0.2) is 0 Å². The highest BCUT2D eigenvalue weighted by molar-refractivity contribution is 6.31. The van der Waals surface area contributed by atoms with Gasteiger partial charge in [0, 0.05) is 10.0 Å². The van der Waals surface area contributed by atoms with Gasteiger partial charge in [-0.2, -0.15) is 0 Å². The summed E-state index contributed by atoms with van der Waals surface area (Å²) in [6, 6.07) is 23.6. The summed E-state index contributed by atoms with van der Waals surface area (Å²) < 4.78 is 0. The van der Waals surface area contributed by atoms with Gasteiger partial charge in [0.05, 0.1) is 0 Å². The lowest BCUT2D eigenvalue weighted by molar-refractivity contribution is 0.373. The van der Waals surface area contributed by atoms with Crippen molar-refractivity contribution in [3.05, 3.63) is 105 Å². The minimum Gasteiger partial charge on any atom is -0.0843 e. The summed E-state index contributed by atoms with van der Waals surface area (Å²) in [5.74, 6) is 0. The molecule has 3 aromatic rings. The van der Waals surface area contributed by atoms with E-state index in [2.05, 4.69) is 97.0 Å². The number of rotatable bonds is 7. The zero-order valence-electron chi connectivity index (χ0n) is 21.2. The van der Waals surface area contributed by atoms with E-state index in [0.717, 1.165) is 29.3 Å². The lowest BCUT2D eigenvalue weighted by atomic mass is 9.71. The molecule has 0 heterocycles. The van der Waals surface area contributed by atoms with Crippen LogP contribution < -0.4 is 0 Å². The SMILES string of the molecule is CC(C)(C)c1c(Cl)cccc1Cc1ccccc1C(C)(C)CCC(C)(C)c1ccc(Cl)cc1. The van der Waals surface area contributed by atoms with Crippen LogP contribution >= 0.6 is 23.2 Å². The maximum absolute atomic E-state index is 6.67. The van der Waals surface area contributed by atoms with Crippen LogP contribution in [0.25, 0.3) is 0 Å². The van der Waals surface area contributed by atoms with E-state index >= 15 is 0 Å². The molecular weight excluding hydrogens is 443 g/mol. The van der Waals surface area contributed by atoms with E-state index in [1.807, 2.05) is 18.2 Å². The van der Waals surface area contributed by atoms with Crippen LogP contribution in [0.1, 0.15) is 89.1 Å². The zero-order chi connectivity index (χ0) is 24.4. The Kier molecular flexibility index (Phi) is 7.72. The number of halogens is 2. The molecule has 0 aliphatic carbocycles. The summed E-state index contributed by atoms with van der Waals surface area (Å²) in [7, 11) is 0. The van der Waals surface area contributed by atoms with Crippen molar-refractivity contribution >= 4 is 23.2 Å². The molecule has 2 heteroatoms. The van der Waals surface area contributed by atoms with Gasteiger partial charge in [0.1, 0.15) is 0 Å². The zero-order valence-corrected chi connectivity index (χ0v) is 22.7. The van der Waals surface area contributed by atoms with Crippen LogP contribution in [0.4, 0.5) is 0 Å². The van der Waals surface area contributed by atoms with Crippen LogP contribution in [0, 0.1) is 0 Å². The van der Waals surface area contributed by atoms with Crippen molar-refractivity contribution in [1.82, 2.24) is 0 Å². The van der Waals surface area contributed by atoms with Gasteiger partial charge in [-0.3, -0.25) is 0 Å². The van der Waals surface area contributed by atoms with Crippen LogP contribution in [0.15, 0.2) is 66.7 Å². The Bertz CT molecular complexity index is 1080. The predicted octanol–water partition coefficient (Wildman–Crippen LogP) is 9.92. The van der Waals surface area contributed by atoms with E-state index in [-0.39, 0.29) is 16.2 Å². The van der Waals surface area contributed by atoms with Gasteiger partial charge in [-0.15, -0.1) is 0 Å². The van der Waals surface area contributed by atoms with Crippen molar-refractivity contribution in [2.75, 3.05) is 0 Å². The van der Waals surface area contributed by atoms with Gasteiger partial charge >= 0.3 is 0 Å². The molecule has 0 unspecified atom stereocenters. The predicted molar refractivity (Wildman–Crippen MR) is 146 cm³/mol. The smallest absolute Gasteiger partial charge is 0.0446 e. The number of hydrogen-bond acceptors (Lipinski definition) is 0. The van der Waals surface area contributed by atoms with Gasteiger partial charge in [0.25, 0.3) is 0 Å². The van der Waals surface area contributed by atoms with Crippen LogP contribution in [0.5, 0.6) is 0 Å². The first kappa shape index (κ1) is 25.9. The van der Waals surface area contributed by atoms with Crippen LogP contribution in [0.3, 0.4) is 0 Å². The third kappa shape index (κ3) is 6.23. The lowest BCUT2D eigenvalue weighted by Crippen LogP contribution is -2.25. The van der Waals surface area contributed by atoms with E-state index in [9.17, 15) is 0 Å². The van der Waals surface area contributed by atoms with Crippen LogP contribution in [0.2, 0.25) is 10.0 Å². The Morgan fingerprint density at radius 3 is 1.82 bits per heavy atom. The fourth-order valence-electron chi connectivity index (χ4n) is 4.90. The third-order valence-electron chi connectivity index (χ3n) is 6.98. The molecule has 0 bridgehead atoms. The molecule has 0 N–H and O–H groups in total. The third-order valence-corrected chi connectivity index (χ3v) is 7.54. The van der Waals surface area contributed by atoms with E-state index in [1.54, 1.807) is 0 Å². The normalized spacial score (nSPS) is 12.8. The van der Waals surface area contributed by atoms with Crippen molar-refractivity contribution in [3.63, 3.8) is 0 Å². The summed E-state index contributed by atoms with van der Waals surface area (Å²) in [5, 5.41) is 1.65. The first-order chi connectivity index (χ1) is 15.3. The monoisotopic (exact) mass is 480 g/mol. The molecule has 33 heavy (non-hydrogen) atoms. The topological polar surface area (TPSA) is 0 Å². The van der Waals surface area contributed by atoms with Crippen molar-refractivity contribution in [2.45, 2.75) is 84.0 Å². The van der Waals surface area contributed by atoms with Gasteiger partial charge in [0.2, 0.25) is 0 Å². The summed E-state index contributed by atoms with van der Waals surface area (Å²) in [4.78, 5) is 0. The Morgan fingerprint density at radius 2 is 1.18 bits per heavy atom. The Labute approximate surface area is 211 Å². The summed E-state index contributed by atoms with van der Waals surface area (Å²) in [6.07, 6.45) is 3.09. The van der Waals surface area contributed by atoms with Crippen LogP contribution in [-0.2, 0) is 22.7 Å². The Hall–Kier alpha value is -1.76. The van der Waals surface area contributed by atoms with Gasteiger partial charge < -0.3 is 0 Å². The molecule has 0 aromatic heterocycles. The molecule has 0 nitrogen and oxygen atoms in total. The molecule has 0 amide bonds. The summed E-state index contributed by atoms with van der Waals surface area (Å²) >= 11 is 12.8. The van der Waals surface area contributed by atoms with E-state index in [0.29, 0.717) is 0 Å². The highest BCUT2D eigenvalue weighted by Gasteiger charge is 2.29. The maximum Gasteiger partial charge on any atom is 0.0446 e. The highest BCUT2D eigenvalue weighted by atomic mass is 35.5. The highest BCUT2D eigenvalue weighted by Crippen LogP contribution is 2.39. The molecule has 3 aromatic carbocycles. The standard InChI is InChI=1S/C31H38Cl2/c1-29(2,3)28-23(12-10-14-27(28)33)21-22-11-8-9-13-26(22)31(6,7)20-19-30(4,5)24-15-17-25(32)18-16-24/h8-18H,19-21H2,1-7H3. The molecule has 0 saturated heterocycles.